The van der Waals surface area contributed by atoms with Crippen molar-refractivity contribution in [1.29, 1.82) is 5.26 Å². The van der Waals surface area contributed by atoms with E-state index in [1.54, 1.807) is 0 Å². The highest BCUT2D eigenvalue weighted by Gasteiger charge is 2.18. The largest absolute Gasteiger partial charge is 0.387 e. The number of β-amino-alcohol motifs (C(OH)–C–C–N with tert-alkyl or cyclic N) is 1. The summed E-state index contributed by atoms with van der Waals surface area (Å²) in [5.74, 6) is 0. The lowest BCUT2D eigenvalue weighted by atomic mass is 10.1. The normalized spacial score (nSPS) is 17.1. The molecule has 124 valence electrons. The van der Waals surface area contributed by atoms with E-state index in [4.69, 9.17) is 5.26 Å². The molecule has 1 N–H and O–H groups in total. The Kier molecular flexibility index (Phi) is 5.47. The standard InChI is InChI=1S/C20H23N3O/c21-15-17-7-9-19(10-8-17)23-12-4-11-22(13-14-23)16-20(24)18-5-2-1-3-6-18/h1-3,5-10,20,24H,4,11-14,16H2/t20-/m0/s1. The third-order valence-electron chi connectivity index (χ3n) is 4.57. The van der Waals surface area contributed by atoms with Crippen LogP contribution in [0.15, 0.2) is 54.6 Å². The van der Waals surface area contributed by atoms with Gasteiger partial charge in [0, 0.05) is 38.4 Å². The molecule has 3 rings (SSSR count). The molecule has 2 aromatic carbocycles. The van der Waals surface area contributed by atoms with Crippen LogP contribution in [0.25, 0.3) is 0 Å². The first-order chi connectivity index (χ1) is 11.8. The van der Waals surface area contributed by atoms with Gasteiger partial charge in [0.25, 0.3) is 0 Å². The number of nitriles is 1. The van der Waals surface area contributed by atoms with Gasteiger partial charge < -0.3 is 10.0 Å². The summed E-state index contributed by atoms with van der Waals surface area (Å²) >= 11 is 0. The minimum atomic E-state index is -0.437. The minimum absolute atomic E-state index is 0.437. The molecule has 4 nitrogen and oxygen atoms in total. The smallest absolute Gasteiger partial charge is 0.0991 e. The van der Waals surface area contributed by atoms with Crippen LogP contribution in [0.3, 0.4) is 0 Å². The molecule has 4 heteroatoms. The second-order valence-electron chi connectivity index (χ2n) is 6.23. The molecule has 1 heterocycles. The summed E-state index contributed by atoms with van der Waals surface area (Å²) in [5.41, 5.74) is 2.84. The molecule has 1 atom stereocenters. The van der Waals surface area contributed by atoms with Gasteiger partial charge in [-0.2, -0.15) is 5.26 Å². The summed E-state index contributed by atoms with van der Waals surface area (Å²) < 4.78 is 0. The van der Waals surface area contributed by atoms with Crippen molar-refractivity contribution in [3.05, 3.63) is 65.7 Å². The lowest BCUT2D eigenvalue weighted by Gasteiger charge is -2.25. The molecule has 24 heavy (non-hydrogen) atoms. The van der Waals surface area contributed by atoms with E-state index in [2.05, 4.69) is 15.9 Å². The maximum atomic E-state index is 10.4. The van der Waals surface area contributed by atoms with Crippen LogP contribution in [0, 0.1) is 11.3 Å². The summed E-state index contributed by atoms with van der Waals surface area (Å²) in [6, 6.07) is 19.8. The average Bonchev–Trinajstić information content (AvgIpc) is 2.88. The van der Waals surface area contributed by atoms with Crippen molar-refractivity contribution in [2.24, 2.45) is 0 Å². The van der Waals surface area contributed by atoms with E-state index in [1.165, 1.54) is 5.69 Å². The summed E-state index contributed by atoms with van der Waals surface area (Å²) in [4.78, 5) is 4.69. The number of hydrogen-bond acceptors (Lipinski definition) is 4. The average molecular weight is 321 g/mol. The van der Waals surface area contributed by atoms with Gasteiger partial charge in [-0.15, -0.1) is 0 Å². The Morgan fingerprint density at radius 3 is 2.42 bits per heavy atom. The van der Waals surface area contributed by atoms with Crippen molar-refractivity contribution >= 4 is 5.69 Å². The van der Waals surface area contributed by atoms with Gasteiger partial charge in [-0.25, -0.2) is 0 Å². The SMILES string of the molecule is N#Cc1ccc(N2CCCN(C[C@H](O)c3ccccc3)CC2)cc1. The molecule has 2 aromatic rings. The molecule has 0 saturated carbocycles. The second-order valence-corrected chi connectivity index (χ2v) is 6.23. The predicted octanol–water partition coefficient (Wildman–Crippen LogP) is 2.80. The fraction of sp³-hybridized carbons (Fsp3) is 0.350. The van der Waals surface area contributed by atoms with E-state index in [1.807, 2.05) is 54.6 Å². The van der Waals surface area contributed by atoms with Crippen LogP contribution < -0.4 is 4.90 Å². The summed E-state index contributed by atoms with van der Waals surface area (Å²) in [6.07, 6.45) is 0.634. The van der Waals surface area contributed by atoms with Gasteiger partial charge in [-0.05, 0) is 36.2 Å². The van der Waals surface area contributed by atoms with Gasteiger partial charge in [0.15, 0.2) is 0 Å². The van der Waals surface area contributed by atoms with E-state index in [-0.39, 0.29) is 0 Å². The minimum Gasteiger partial charge on any atom is -0.387 e. The van der Waals surface area contributed by atoms with Crippen LogP contribution in [0.2, 0.25) is 0 Å². The zero-order chi connectivity index (χ0) is 16.8. The van der Waals surface area contributed by atoms with E-state index in [9.17, 15) is 5.11 Å². The monoisotopic (exact) mass is 321 g/mol. The summed E-state index contributed by atoms with van der Waals surface area (Å²) in [5, 5.41) is 19.3. The number of anilines is 1. The molecule has 0 unspecified atom stereocenters. The number of rotatable bonds is 4. The Labute approximate surface area is 143 Å². The third-order valence-corrected chi connectivity index (χ3v) is 4.57. The zero-order valence-electron chi connectivity index (χ0n) is 13.8. The molecule has 0 aliphatic carbocycles. The second kappa shape index (κ2) is 7.96. The van der Waals surface area contributed by atoms with Crippen LogP contribution >= 0.6 is 0 Å². The molecule has 0 aromatic heterocycles. The number of hydrogen-bond donors (Lipinski definition) is 1. The highest BCUT2D eigenvalue weighted by Crippen LogP contribution is 2.19. The summed E-state index contributed by atoms with van der Waals surface area (Å²) in [6.45, 7) is 4.54. The molecular weight excluding hydrogens is 298 g/mol. The van der Waals surface area contributed by atoms with E-state index in [0.717, 1.165) is 38.2 Å². The molecule has 1 aliphatic heterocycles. The van der Waals surface area contributed by atoms with Gasteiger partial charge >= 0.3 is 0 Å². The zero-order valence-corrected chi connectivity index (χ0v) is 13.8. The number of aliphatic hydroxyl groups excluding tert-OH is 1. The first-order valence-electron chi connectivity index (χ1n) is 8.47. The maximum Gasteiger partial charge on any atom is 0.0991 e. The van der Waals surface area contributed by atoms with Gasteiger partial charge in [0.1, 0.15) is 0 Å². The maximum absolute atomic E-state index is 10.4. The van der Waals surface area contributed by atoms with Gasteiger partial charge in [0.2, 0.25) is 0 Å². The van der Waals surface area contributed by atoms with Gasteiger partial charge in [0.05, 0.1) is 17.7 Å². The van der Waals surface area contributed by atoms with Gasteiger partial charge in [-0.1, -0.05) is 30.3 Å². The fourth-order valence-electron chi connectivity index (χ4n) is 3.18. The van der Waals surface area contributed by atoms with E-state index in [0.29, 0.717) is 12.1 Å². The Balaban J connectivity index is 1.57. The lowest BCUT2D eigenvalue weighted by molar-refractivity contribution is 0.117. The van der Waals surface area contributed by atoms with Crippen LogP contribution in [-0.4, -0.2) is 42.7 Å². The highest BCUT2D eigenvalue weighted by molar-refractivity contribution is 5.49. The van der Waals surface area contributed by atoms with Gasteiger partial charge in [-0.3, -0.25) is 4.90 Å². The highest BCUT2D eigenvalue weighted by atomic mass is 16.3. The van der Waals surface area contributed by atoms with Crippen molar-refractivity contribution in [1.82, 2.24) is 4.90 Å². The molecule has 0 radical (unpaired) electrons. The van der Waals surface area contributed by atoms with Crippen molar-refractivity contribution in [3.8, 4) is 6.07 Å². The topological polar surface area (TPSA) is 50.5 Å². The fourth-order valence-corrected chi connectivity index (χ4v) is 3.18. The van der Waals surface area contributed by atoms with Crippen molar-refractivity contribution in [2.45, 2.75) is 12.5 Å². The predicted molar refractivity (Wildman–Crippen MR) is 95.8 cm³/mol. The quantitative estimate of drug-likeness (QED) is 0.941. The van der Waals surface area contributed by atoms with Crippen molar-refractivity contribution in [3.63, 3.8) is 0 Å². The Hall–Kier alpha value is -2.35. The Morgan fingerprint density at radius 2 is 1.71 bits per heavy atom. The number of aliphatic hydroxyl groups is 1. The van der Waals surface area contributed by atoms with Crippen LogP contribution in [0.5, 0.6) is 0 Å². The third kappa shape index (κ3) is 4.14. The Morgan fingerprint density at radius 1 is 0.958 bits per heavy atom. The van der Waals surface area contributed by atoms with E-state index >= 15 is 0 Å². The molecule has 0 bridgehead atoms. The van der Waals surface area contributed by atoms with Crippen LogP contribution in [-0.2, 0) is 0 Å². The lowest BCUT2D eigenvalue weighted by Crippen LogP contribution is -2.33. The molecule has 1 saturated heterocycles. The molecule has 0 spiro atoms. The Bertz CT molecular complexity index is 678. The van der Waals surface area contributed by atoms with Crippen LogP contribution in [0.1, 0.15) is 23.7 Å². The molecule has 1 aliphatic rings. The van der Waals surface area contributed by atoms with Crippen molar-refractivity contribution in [2.75, 3.05) is 37.6 Å². The number of benzene rings is 2. The van der Waals surface area contributed by atoms with E-state index < -0.39 is 6.10 Å². The molecule has 0 amide bonds. The number of nitrogens with zero attached hydrogens (tertiary/aromatic N) is 3. The first-order valence-corrected chi connectivity index (χ1v) is 8.47. The van der Waals surface area contributed by atoms with Crippen molar-refractivity contribution < 1.29 is 5.11 Å². The molecule has 1 fully saturated rings. The summed E-state index contributed by atoms with van der Waals surface area (Å²) in [7, 11) is 0. The van der Waals surface area contributed by atoms with Crippen LogP contribution in [0.4, 0.5) is 5.69 Å². The first kappa shape index (κ1) is 16.5. The molecular formula is C20H23N3O.